The topological polar surface area (TPSA) is 92.0 Å². The molecule has 3 aromatic rings. The van der Waals surface area contributed by atoms with E-state index in [1.54, 1.807) is 36.7 Å². The Labute approximate surface area is 173 Å². The van der Waals surface area contributed by atoms with Gasteiger partial charge in [-0.3, -0.25) is 0 Å². The first-order valence-electron chi connectivity index (χ1n) is 10.3. The number of benzene rings is 1. The second-order valence-electron chi connectivity index (χ2n) is 8.06. The molecule has 2 aromatic heterocycles. The second kappa shape index (κ2) is 7.64. The van der Waals surface area contributed by atoms with Crippen molar-refractivity contribution in [1.82, 2.24) is 30.5 Å². The van der Waals surface area contributed by atoms with Crippen LogP contribution < -0.4 is 10.2 Å². The summed E-state index contributed by atoms with van der Waals surface area (Å²) < 4.78 is 15.0. The van der Waals surface area contributed by atoms with Crippen molar-refractivity contribution in [2.75, 3.05) is 11.9 Å². The van der Waals surface area contributed by atoms with E-state index in [2.05, 4.69) is 25.7 Å². The number of aromatic nitrogens is 5. The summed E-state index contributed by atoms with van der Waals surface area (Å²) in [5.41, 5.74) is 1.76. The van der Waals surface area contributed by atoms with E-state index in [1.165, 1.54) is 4.80 Å². The molecule has 0 amide bonds. The Morgan fingerprint density at radius 1 is 1.13 bits per heavy atom. The van der Waals surface area contributed by atoms with Crippen molar-refractivity contribution in [1.29, 1.82) is 0 Å². The van der Waals surface area contributed by atoms with Gasteiger partial charge in [-0.2, -0.15) is 15.0 Å². The van der Waals surface area contributed by atoms with E-state index in [0.29, 0.717) is 28.8 Å². The first-order chi connectivity index (χ1) is 14.6. The average Bonchev–Trinajstić information content (AvgIpc) is 3.31. The summed E-state index contributed by atoms with van der Waals surface area (Å²) in [6, 6.07) is 8.86. The SMILES string of the molecule is CN(c1ccc(-c2ccc(-n3nccn3)cc2O)nn1)[C@H]1CC2CCCC(N2)[C@H]1F. The van der Waals surface area contributed by atoms with Crippen LogP contribution in [0.2, 0.25) is 0 Å². The number of piperidine rings is 2. The number of nitrogens with one attached hydrogen (secondary N) is 1. The van der Waals surface area contributed by atoms with E-state index in [0.717, 1.165) is 25.7 Å². The zero-order valence-electron chi connectivity index (χ0n) is 16.7. The van der Waals surface area contributed by atoms with Crippen molar-refractivity contribution in [2.45, 2.75) is 50.0 Å². The molecular weight excluding hydrogens is 385 g/mol. The van der Waals surface area contributed by atoms with E-state index in [9.17, 15) is 5.11 Å². The molecule has 0 spiro atoms. The third-order valence-electron chi connectivity index (χ3n) is 6.21. The lowest BCUT2D eigenvalue weighted by molar-refractivity contribution is 0.107. The Morgan fingerprint density at radius 3 is 2.70 bits per heavy atom. The Kier molecular flexibility index (Phi) is 4.82. The smallest absolute Gasteiger partial charge is 0.151 e. The van der Waals surface area contributed by atoms with Gasteiger partial charge in [-0.1, -0.05) is 6.42 Å². The van der Waals surface area contributed by atoms with Crippen molar-refractivity contribution < 1.29 is 9.50 Å². The summed E-state index contributed by atoms with van der Waals surface area (Å²) in [5, 5.41) is 30.6. The highest BCUT2D eigenvalue weighted by Gasteiger charge is 2.41. The van der Waals surface area contributed by atoms with Gasteiger partial charge in [0.15, 0.2) is 5.82 Å². The van der Waals surface area contributed by atoms with E-state index in [4.69, 9.17) is 0 Å². The number of alkyl halides is 1. The predicted molar refractivity (Wildman–Crippen MR) is 110 cm³/mol. The minimum Gasteiger partial charge on any atom is -0.507 e. The number of phenolic OH excluding ortho intramolecular Hbond substituents is 1. The average molecular weight is 409 g/mol. The Morgan fingerprint density at radius 2 is 1.97 bits per heavy atom. The molecule has 0 saturated carbocycles. The van der Waals surface area contributed by atoms with Gasteiger partial charge in [0, 0.05) is 30.8 Å². The first kappa shape index (κ1) is 18.9. The molecule has 0 aliphatic carbocycles. The largest absolute Gasteiger partial charge is 0.507 e. The van der Waals surface area contributed by atoms with Gasteiger partial charge in [-0.15, -0.1) is 10.2 Å². The van der Waals surface area contributed by atoms with Gasteiger partial charge in [-0.25, -0.2) is 4.39 Å². The zero-order chi connectivity index (χ0) is 20.7. The van der Waals surface area contributed by atoms with Crippen molar-refractivity contribution in [3.8, 4) is 22.7 Å². The number of hydrogen-bond donors (Lipinski definition) is 2. The first-order valence-corrected chi connectivity index (χ1v) is 10.3. The van der Waals surface area contributed by atoms with Gasteiger partial charge in [0.2, 0.25) is 0 Å². The van der Waals surface area contributed by atoms with Crippen LogP contribution in [-0.4, -0.2) is 61.6 Å². The summed E-state index contributed by atoms with van der Waals surface area (Å²) in [6.07, 6.45) is 6.05. The summed E-state index contributed by atoms with van der Waals surface area (Å²) in [4.78, 5) is 3.33. The highest BCUT2D eigenvalue weighted by atomic mass is 19.1. The molecule has 2 saturated heterocycles. The maximum atomic E-state index is 15.0. The van der Waals surface area contributed by atoms with Crippen molar-refractivity contribution in [3.05, 3.63) is 42.7 Å². The molecule has 2 aliphatic rings. The number of aromatic hydroxyl groups is 1. The Hall–Kier alpha value is -3.07. The molecule has 4 heterocycles. The lowest BCUT2D eigenvalue weighted by Gasteiger charge is -2.46. The molecule has 156 valence electrons. The van der Waals surface area contributed by atoms with Gasteiger partial charge in [0.1, 0.15) is 11.9 Å². The number of fused-ring (bicyclic) bond motifs is 2. The molecule has 2 bridgehead atoms. The molecule has 30 heavy (non-hydrogen) atoms. The van der Waals surface area contributed by atoms with Crippen LogP contribution in [0.3, 0.4) is 0 Å². The molecule has 2 aliphatic heterocycles. The van der Waals surface area contributed by atoms with Gasteiger partial charge >= 0.3 is 0 Å². The van der Waals surface area contributed by atoms with Crippen LogP contribution in [0, 0.1) is 0 Å². The molecule has 8 nitrogen and oxygen atoms in total. The minimum absolute atomic E-state index is 0.0650. The van der Waals surface area contributed by atoms with Gasteiger partial charge in [0.05, 0.1) is 29.8 Å². The molecule has 1 aromatic carbocycles. The van der Waals surface area contributed by atoms with Gasteiger partial charge in [-0.05, 0) is 43.5 Å². The number of anilines is 1. The minimum atomic E-state index is -0.930. The summed E-state index contributed by atoms with van der Waals surface area (Å²) >= 11 is 0. The van der Waals surface area contributed by atoms with Crippen LogP contribution in [0.5, 0.6) is 5.75 Å². The number of halogens is 1. The van der Waals surface area contributed by atoms with Crippen LogP contribution in [-0.2, 0) is 0 Å². The fourth-order valence-electron chi connectivity index (χ4n) is 4.59. The fourth-order valence-corrected chi connectivity index (χ4v) is 4.59. The van der Waals surface area contributed by atoms with E-state index >= 15 is 4.39 Å². The third kappa shape index (κ3) is 3.39. The molecular formula is C21H24FN7O. The Balaban J connectivity index is 1.35. The number of rotatable bonds is 4. The van der Waals surface area contributed by atoms with E-state index in [1.807, 2.05) is 18.0 Å². The molecule has 2 unspecified atom stereocenters. The maximum absolute atomic E-state index is 15.0. The molecule has 0 radical (unpaired) electrons. The van der Waals surface area contributed by atoms with E-state index in [-0.39, 0.29) is 17.8 Å². The van der Waals surface area contributed by atoms with E-state index < -0.39 is 6.17 Å². The van der Waals surface area contributed by atoms with Crippen molar-refractivity contribution in [3.63, 3.8) is 0 Å². The van der Waals surface area contributed by atoms with Crippen LogP contribution >= 0.6 is 0 Å². The fraction of sp³-hybridized carbons (Fsp3) is 0.429. The zero-order valence-corrected chi connectivity index (χ0v) is 16.7. The predicted octanol–water partition coefficient (Wildman–Crippen LogP) is 2.49. The monoisotopic (exact) mass is 409 g/mol. The van der Waals surface area contributed by atoms with Crippen LogP contribution in [0.1, 0.15) is 25.7 Å². The maximum Gasteiger partial charge on any atom is 0.151 e. The van der Waals surface area contributed by atoms with Crippen LogP contribution in [0.25, 0.3) is 16.9 Å². The number of phenols is 1. The van der Waals surface area contributed by atoms with Crippen LogP contribution in [0.4, 0.5) is 10.2 Å². The van der Waals surface area contributed by atoms with Gasteiger partial charge < -0.3 is 15.3 Å². The second-order valence-corrected chi connectivity index (χ2v) is 8.06. The van der Waals surface area contributed by atoms with Crippen molar-refractivity contribution in [2.24, 2.45) is 0 Å². The van der Waals surface area contributed by atoms with Gasteiger partial charge in [0.25, 0.3) is 0 Å². The molecule has 2 N–H and O–H groups in total. The molecule has 2 fully saturated rings. The number of hydrogen-bond acceptors (Lipinski definition) is 7. The highest BCUT2D eigenvalue weighted by molar-refractivity contribution is 5.68. The lowest BCUT2D eigenvalue weighted by atomic mass is 9.82. The lowest BCUT2D eigenvalue weighted by Crippen LogP contribution is -2.61. The highest BCUT2D eigenvalue weighted by Crippen LogP contribution is 2.33. The van der Waals surface area contributed by atoms with Crippen LogP contribution in [0.15, 0.2) is 42.7 Å². The Bertz CT molecular complexity index is 1010. The number of nitrogens with zero attached hydrogens (tertiary/aromatic N) is 6. The third-order valence-corrected chi connectivity index (χ3v) is 6.21. The summed E-state index contributed by atoms with van der Waals surface area (Å²) in [7, 11) is 1.88. The van der Waals surface area contributed by atoms with Crippen molar-refractivity contribution >= 4 is 5.82 Å². The molecule has 9 heteroatoms. The summed E-state index contributed by atoms with van der Waals surface area (Å²) in [5.74, 6) is 0.693. The quantitative estimate of drug-likeness (QED) is 0.684. The molecule has 4 atom stereocenters. The summed E-state index contributed by atoms with van der Waals surface area (Å²) in [6.45, 7) is 0. The normalized spacial score (nSPS) is 25.8. The molecule has 5 rings (SSSR count). The standard InChI is InChI=1S/C21H24FN7O/c1-28(18-11-13-3-2-4-17(25-13)21(18)22)20-8-7-16(26-27-20)15-6-5-14(12-19(15)30)29-23-9-10-24-29/h5-10,12-13,17-18,21,25,30H,2-4,11H2,1H3/t13?,17?,18-,21+/m0/s1.